The number of halogens is 2. The van der Waals surface area contributed by atoms with Crippen molar-refractivity contribution < 1.29 is 4.39 Å². The number of nitrogens with two attached hydrogens (primary N) is 1. The molecule has 6 heteroatoms. The highest BCUT2D eigenvalue weighted by Gasteiger charge is 2.06. The SMILES string of the molecule is Nc1nccnc1SCc1cc(F)ccc1Cl. The van der Waals surface area contributed by atoms with Gasteiger partial charge in [-0.3, -0.25) is 0 Å². The molecule has 2 N–H and O–H groups in total. The molecule has 0 saturated carbocycles. The summed E-state index contributed by atoms with van der Waals surface area (Å²) in [6.07, 6.45) is 3.08. The van der Waals surface area contributed by atoms with Crippen LogP contribution in [-0.4, -0.2) is 9.97 Å². The maximum atomic E-state index is 13.0. The number of hydrogen-bond donors (Lipinski definition) is 1. The summed E-state index contributed by atoms with van der Waals surface area (Å²) in [5.74, 6) is 0.557. The summed E-state index contributed by atoms with van der Waals surface area (Å²) in [5.41, 5.74) is 6.36. The molecule has 88 valence electrons. The van der Waals surface area contributed by atoms with Gasteiger partial charge in [-0.25, -0.2) is 14.4 Å². The highest BCUT2D eigenvalue weighted by atomic mass is 35.5. The van der Waals surface area contributed by atoms with Crippen molar-refractivity contribution in [1.29, 1.82) is 0 Å². The van der Waals surface area contributed by atoms with Crippen molar-refractivity contribution in [2.75, 3.05) is 5.73 Å². The molecule has 1 aromatic carbocycles. The average Bonchev–Trinajstić information content (AvgIpc) is 2.32. The summed E-state index contributed by atoms with van der Waals surface area (Å²) in [4.78, 5) is 8.00. The van der Waals surface area contributed by atoms with Gasteiger partial charge in [0.05, 0.1) is 0 Å². The van der Waals surface area contributed by atoms with Crippen LogP contribution in [0.25, 0.3) is 0 Å². The van der Waals surface area contributed by atoms with Crippen molar-refractivity contribution in [3.8, 4) is 0 Å². The van der Waals surface area contributed by atoms with Gasteiger partial charge in [-0.1, -0.05) is 23.4 Å². The van der Waals surface area contributed by atoms with Crippen LogP contribution in [0.5, 0.6) is 0 Å². The Hall–Kier alpha value is -1.33. The van der Waals surface area contributed by atoms with Crippen LogP contribution in [0.1, 0.15) is 5.56 Å². The third kappa shape index (κ3) is 3.08. The smallest absolute Gasteiger partial charge is 0.156 e. The normalized spacial score (nSPS) is 10.5. The molecule has 0 aliphatic carbocycles. The van der Waals surface area contributed by atoms with Gasteiger partial charge in [-0.05, 0) is 23.8 Å². The topological polar surface area (TPSA) is 51.8 Å². The first-order valence-corrected chi connectivity index (χ1v) is 6.16. The minimum atomic E-state index is -0.308. The molecule has 0 aliphatic heterocycles. The van der Waals surface area contributed by atoms with Crippen LogP contribution in [0.15, 0.2) is 35.6 Å². The third-order valence-electron chi connectivity index (χ3n) is 2.06. The van der Waals surface area contributed by atoms with Crippen molar-refractivity contribution in [1.82, 2.24) is 9.97 Å². The maximum Gasteiger partial charge on any atom is 0.156 e. The molecule has 1 heterocycles. The Kier molecular flexibility index (Phi) is 3.81. The first-order chi connectivity index (χ1) is 8.16. The Morgan fingerprint density at radius 1 is 1.29 bits per heavy atom. The van der Waals surface area contributed by atoms with Gasteiger partial charge in [0.25, 0.3) is 0 Å². The molecule has 0 atom stereocenters. The Morgan fingerprint density at radius 2 is 2.06 bits per heavy atom. The molecule has 0 saturated heterocycles. The highest BCUT2D eigenvalue weighted by molar-refractivity contribution is 7.98. The van der Waals surface area contributed by atoms with E-state index in [1.807, 2.05) is 0 Å². The van der Waals surface area contributed by atoms with Crippen molar-refractivity contribution in [3.05, 3.63) is 47.0 Å². The second kappa shape index (κ2) is 5.33. The van der Waals surface area contributed by atoms with Crippen LogP contribution < -0.4 is 5.73 Å². The molecule has 2 aromatic rings. The number of nitrogen functional groups attached to an aromatic ring is 1. The van der Waals surface area contributed by atoms with Crippen LogP contribution in [-0.2, 0) is 5.75 Å². The lowest BCUT2D eigenvalue weighted by Crippen LogP contribution is -1.95. The molecule has 17 heavy (non-hydrogen) atoms. The van der Waals surface area contributed by atoms with E-state index in [0.717, 1.165) is 0 Å². The number of anilines is 1. The molecule has 0 fully saturated rings. The summed E-state index contributed by atoms with van der Waals surface area (Å²) in [7, 11) is 0. The average molecular weight is 270 g/mol. The molecule has 0 radical (unpaired) electrons. The zero-order valence-electron chi connectivity index (χ0n) is 8.73. The van der Waals surface area contributed by atoms with Crippen LogP contribution in [0.3, 0.4) is 0 Å². The number of hydrogen-bond acceptors (Lipinski definition) is 4. The lowest BCUT2D eigenvalue weighted by molar-refractivity contribution is 0.626. The molecule has 0 aliphatic rings. The van der Waals surface area contributed by atoms with E-state index in [-0.39, 0.29) is 5.82 Å². The van der Waals surface area contributed by atoms with Crippen LogP contribution in [0, 0.1) is 5.82 Å². The summed E-state index contributed by atoms with van der Waals surface area (Å²) < 4.78 is 13.0. The van der Waals surface area contributed by atoms with Crippen LogP contribution in [0.4, 0.5) is 10.2 Å². The lowest BCUT2D eigenvalue weighted by Gasteiger charge is -2.05. The van der Waals surface area contributed by atoms with Crippen molar-refractivity contribution in [3.63, 3.8) is 0 Å². The standard InChI is InChI=1S/C11H9ClFN3S/c12-9-2-1-8(13)5-7(9)6-17-11-10(14)15-3-4-16-11/h1-5H,6H2,(H2,14,15). The molecule has 0 amide bonds. The van der Waals surface area contributed by atoms with Crippen molar-refractivity contribution in [2.24, 2.45) is 0 Å². The second-order valence-corrected chi connectivity index (χ2v) is 4.64. The highest BCUT2D eigenvalue weighted by Crippen LogP contribution is 2.28. The maximum absolute atomic E-state index is 13.0. The lowest BCUT2D eigenvalue weighted by atomic mass is 10.2. The van der Waals surface area contributed by atoms with Crippen LogP contribution >= 0.6 is 23.4 Å². The third-order valence-corrected chi connectivity index (χ3v) is 3.48. The van der Waals surface area contributed by atoms with Crippen molar-refractivity contribution in [2.45, 2.75) is 10.8 Å². The van der Waals surface area contributed by atoms with Crippen LogP contribution in [0.2, 0.25) is 5.02 Å². The molecular weight excluding hydrogens is 261 g/mol. The number of rotatable bonds is 3. The quantitative estimate of drug-likeness (QED) is 0.870. The Balaban J connectivity index is 2.12. The van der Waals surface area contributed by atoms with Gasteiger partial charge in [0, 0.05) is 23.2 Å². The molecule has 0 unspecified atom stereocenters. The predicted octanol–water partition coefficient (Wildman–Crippen LogP) is 3.14. The fourth-order valence-electron chi connectivity index (χ4n) is 1.25. The number of aromatic nitrogens is 2. The van der Waals surface area contributed by atoms with E-state index in [9.17, 15) is 4.39 Å². The second-order valence-electron chi connectivity index (χ2n) is 3.27. The van der Waals surface area contributed by atoms with Gasteiger partial charge in [0.2, 0.25) is 0 Å². The fraction of sp³-hybridized carbons (Fsp3) is 0.0909. The summed E-state index contributed by atoms with van der Waals surface area (Å²) >= 11 is 7.33. The zero-order chi connectivity index (χ0) is 12.3. The number of thioether (sulfide) groups is 1. The van der Waals surface area contributed by atoms with E-state index < -0.39 is 0 Å². The Bertz CT molecular complexity index is 536. The van der Waals surface area contributed by atoms with Gasteiger partial charge in [0.15, 0.2) is 5.82 Å². The van der Waals surface area contributed by atoms with Gasteiger partial charge < -0.3 is 5.73 Å². The molecule has 3 nitrogen and oxygen atoms in total. The first kappa shape index (κ1) is 12.1. The molecule has 2 rings (SSSR count). The van der Waals surface area contributed by atoms with Crippen molar-refractivity contribution >= 4 is 29.2 Å². The summed E-state index contributed by atoms with van der Waals surface area (Å²) in [6, 6.07) is 4.27. The first-order valence-electron chi connectivity index (χ1n) is 4.80. The van der Waals surface area contributed by atoms with E-state index in [2.05, 4.69) is 9.97 Å². The van der Waals surface area contributed by atoms with E-state index in [1.165, 1.54) is 36.2 Å². The summed E-state index contributed by atoms with van der Waals surface area (Å²) in [5, 5.41) is 1.15. The zero-order valence-corrected chi connectivity index (χ0v) is 10.3. The minimum Gasteiger partial charge on any atom is -0.381 e. The van der Waals surface area contributed by atoms with Gasteiger partial charge >= 0.3 is 0 Å². The predicted molar refractivity (Wildman–Crippen MR) is 67.4 cm³/mol. The monoisotopic (exact) mass is 269 g/mol. The van der Waals surface area contributed by atoms with E-state index in [0.29, 0.717) is 27.2 Å². The molecule has 1 aromatic heterocycles. The molecular formula is C11H9ClFN3S. The van der Waals surface area contributed by atoms with E-state index >= 15 is 0 Å². The molecule has 0 spiro atoms. The molecule has 0 bridgehead atoms. The Morgan fingerprint density at radius 3 is 2.82 bits per heavy atom. The van der Waals surface area contributed by atoms with E-state index in [4.69, 9.17) is 17.3 Å². The fourth-order valence-corrected chi connectivity index (χ4v) is 2.38. The Labute approximate surface area is 107 Å². The van der Waals surface area contributed by atoms with Gasteiger partial charge in [-0.2, -0.15) is 0 Å². The van der Waals surface area contributed by atoms with Gasteiger partial charge in [0.1, 0.15) is 10.8 Å². The van der Waals surface area contributed by atoms with Gasteiger partial charge in [-0.15, -0.1) is 0 Å². The number of benzene rings is 1. The number of nitrogens with zero attached hydrogens (tertiary/aromatic N) is 2. The summed E-state index contributed by atoms with van der Waals surface area (Å²) in [6.45, 7) is 0. The minimum absolute atomic E-state index is 0.308. The van der Waals surface area contributed by atoms with E-state index in [1.54, 1.807) is 6.20 Å². The largest absolute Gasteiger partial charge is 0.381 e.